The van der Waals surface area contributed by atoms with E-state index in [4.69, 9.17) is 9.40 Å². The molecule has 0 N–H and O–H groups in total. The highest BCUT2D eigenvalue weighted by molar-refractivity contribution is 6.15. The molecule has 0 saturated heterocycles. The highest BCUT2D eigenvalue weighted by Crippen LogP contribution is 2.37. The van der Waals surface area contributed by atoms with Crippen LogP contribution in [0.15, 0.2) is 101 Å². The fraction of sp³-hybridized carbons (Fsp3) is 0.0645. The lowest BCUT2D eigenvalue weighted by Gasteiger charge is -2.15. The number of furan rings is 1. The first kappa shape index (κ1) is 19.1. The number of hydrogen-bond donors (Lipinski definition) is 0. The lowest BCUT2D eigenvalue weighted by molar-refractivity contribution is 0.673. The Labute approximate surface area is 196 Å². The number of nitrogens with zero attached hydrogens (tertiary/aromatic N) is 2. The van der Waals surface area contributed by atoms with Gasteiger partial charge in [0.05, 0.1) is 16.7 Å². The van der Waals surface area contributed by atoms with Crippen LogP contribution in [0, 0.1) is 13.8 Å². The highest BCUT2D eigenvalue weighted by atomic mass is 16.3. The molecule has 0 atom stereocenters. The van der Waals surface area contributed by atoms with Crippen molar-refractivity contribution in [3.05, 3.63) is 108 Å². The summed E-state index contributed by atoms with van der Waals surface area (Å²) in [6, 6.07) is 33.9. The Hall–Kier alpha value is -4.37. The van der Waals surface area contributed by atoms with E-state index in [0.717, 1.165) is 49.7 Å². The summed E-state index contributed by atoms with van der Waals surface area (Å²) in [5, 5.41) is 4.59. The molecule has 0 aliphatic carbocycles. The van der Waals surface area contributed by atoms with Crippen molar-refractivity contribution in [2.45, 2.75) is 13.8 Å². The van der Waals surface area contributed by atoms with Crippen LogP contribution in [0.2, 0.25) is 0 Å². The zero-order chi connectivity index (χ0) is 22.8. The molecule has 162 valence electrons. The smallest absolute Gasteiger partial charge is 0.145 e. The summed E-state index contributed by atoms with van der Waals surface area (Å²) in [5.74, 6) is 0.922. The second kappa shape index (κ2) is 7.06. The summed E-state index contributed by atoms with van der Waals surface area (Å²) in [4.78, 5) is 5.07. The Morgan fingerprint density at radius 1 is 0.676 bits per heavy atom. The molecule has 3 nitrogen and oxygen atoms in total. The first-order valence-electron chi connectivity index (χ1n) is 11.6. The average molecular weight is 439 g/mol. The standard InChI is InChI=1S/C31H22N2O/c1-19-8-7-9-20(2)29(19)33-27-13-6-5-12-26(27)32-31(33)22-15-16-24-25-17-14-21-10-3-4-11-23(21)30(25)34-28(24)18-22/h3-18H,1-2H3. The van der Waals surface area contributed by atoms with E-state index in [0.29, 0.717) is 0 Å². The monoisotopic (exact) mass is 438 g/mol. The van der Waals surface area contributed by atoms with Crippen LogP contribution in [-0.2, 0) is 0 Å². The quantitative estimate of drug-likeness (QED) is 0.271. The van der Waals surface area contributed by atoms with E-state index < -0.39 is 0 Å². The van der Waals surface area contributed by atoms with Crippen molar-refractivity contribution in [3.8, 4) is 17.1 Å². The molecule has 0 bridgehead atoms. The van der Waals surface area contributed by atoms with Gasteiger partial charge in [-0.15, -0.1) is 0 Å². The van der Waals surface area contributed by atoms with Gasteiger partial charge in [0.2, 0.25) is 0 Å². The number of para-hydroxylation sites is 3. The normalized spacial score (nSPS) is 11.8. The maximum atomic E-state index is 6.46. The number of rotatable bonds is 2. The summed E-state index contributed by atoms with van der Waals surface area (Å²) in [6.45, 7) is 4.32. The van der Waals surface area contributed by atoms with Gasteiger partial charge < -0.3 is 4.42 Å². The van der Waals surface area contributed by atoms with E-state index >= 15 is 0 Å². The minimum absolute atomic E-state index is 0.879. The third-order valence-corrected chi connectivity index (χ3v) is 6.85. The molecular formula is C31H22N2O. The topological polar surface area (TPSA) is 31.0 Å². The second-order valence-electron chi connectivity index (χ2n) is 8.98. The van der Waals surface area contributed by atoms with E-state index in [1.165, 1.54) is 22.2 Å². The molecule has 0 aliphatic rings. The lowest BCUT2D eigenvalue weighted by Crippen LogP contribution is -2.02. The molecule has 0 saturated carbocycles. The Bertz CT molecular complexity index is 1870. The molecule has 5 aromatic carbocycles. The predicted octanol–water partition coefficient (Wildman–Crippen LogP) is 8.36. The first-order chi connectivity index (χ1) is 16.7. The summed E-state index contributed by atoms with van der Waals surface area (Å²) in [7, 11) is 0. The van der Waals surface area contributed by atoms with Crippen LogP contribution in [-0.4, -0.2) is 9.55 Å². The molecule has 3 heteroatoms. The van der Waals surface area contributed by atoms with Gasteiger partial charge in [0.25, 0.3) is 0 Å². The fourth-order valence-electron chi connectivity index (χ4n) is 5.25. The molecular weight excluding hydrogens is 416 g/mol. The third kappa shape index (κ3) is 2.67. The van der Waals surface area contributed by atoms with E-state index in [2.05, 4.69) is 109 Å². The molecule has 34 heavy (non-hydrogen) atoms. The van der Waals surface area contributed by atoms with E-state index in [1.54, 1.807) is 0 Å². The van der Waals surface area contributed by atoms with Gasteiger partial charge in [-0.3, -0.25) is 4.57 Å². The molecule has 0 unspecified atom stereocenters. The SMILES string of the molecule is Cc1cccc(C)c1-n1c(-c2ccc3c(c2)oc2c4ccccc4ccc32)nc2ccccc21. The van der Waals surface area contributed by atoms with Crippen molar-refractivity contribution in [1.29, 1.82) is 0 Å². The fourth-order valence-corrected chi connectivity index (χ4v) is 5.25. The van der Waals surface area contributed by atoms with Crippen LogP contribution in [0.4, 0.5) is 0 Å². The third-order valence-electron chi connectivity index (χ3n) is 6.85. The Kier molecular flexibility index (Phi) is 3.97. The van der Waals surface area contributed by atoms with Crippen molar-refractivity contribution in [3.63, 3.8) is 0 Å². The van der Waals surface area contributed by atoms with Gasteiger partial charge in [0.15, 0.2) is 0 Å². The summed E-state index contributed by atoms with van der Waals surface area (Å²) < 4.78 is 8.75. The molecule has 7 rings (SSSR count). The van der Waals surface area contributed by atoms with Gasteiger partial charge in [-0.2, -0.15) is 0 Å². The predicted molar refractivity (Wildman–Crippen MR) is 141 cm³/mol. The molecule has 0 aliphatic heterocycles. The largest absolute Gasteiger partial charge is 0.455 e. The second-order valence-corrected chi connectivity index (χ2v) is 8.98. The number of imidazole rings is 1. The highest BCUT2D eigenvalue weighted by Gasteiger charge is 2.18. The van der Waals surface area contributed by atoms with Gasteiger partial charge in [0.1, 0.15) is 17.0 Å². The zero-order valence-corrected chi connectivity index (χ0v) is 19.0. The summed E-state index contributed by atoms with van der Waals surface area (Å²) in [6.07, 6.45) is 0. The molecule has 0 radical (unpaired) electrons. The van der Waals surface area contributed by atoms with E-state index in [9.17, 15) is 0 Å². The van der Waals surface area contributed by atoms with Crippen molar-refractivity contribution < 1.29 is 4.42 Å². The minimum Gasteiger partial charge on any atom is -0.455 e. The average Bonchev–Trinajstić information content (AvgIpc) is 3.42. The lowest BCUT2D eigenvalue weighted by atomic mass is 10.0. The number of fused-ring (bicyclic) bond motifs is 6. The maximum absolute atomic E-state index is 6.46. The number of aromatic nitrogens is 2. The van der Waals surface area contributed by atoms with Crippen molar-refractivity contribution >= 4 is 43.7 Å². The molecule has 7 aromatic rings. The van der Waals surface area contributed by atoms with Crippen LogP contribution in [0.25, 0.3) is 60.8 Å². The molecule has 2 heterocycles. The van der Waals surface area contributed by atoms with E-state index in [1.807, 2.05) is 6.07 Å². The van der Waals surface area contributed by atoms with E-state index in [-0.39, 0.29) is 0 Å². The van der Waals surface area contributed by atoms with Crippen LogP contribution in [0.3, 0.4) is 0 Å². The Balaban J connectivity index is 1.53. The Morgan fingerprint density at radius 2 is 1.44 bits per heavy atom. The van der Waals surface area contributed by atoms with Crippen molar-refractivity contribution in [2.24, 2.45) is 0 Å². The molecule has 0 spiro atoms. The van der Waals surface area contributed by atoms with Crippen LogP contribution < -0.4 is 0 Å². The summed E-state index contributed by atoms with van der Waals surface area (Å²) >= 11 is 0. The molecule has 2 aromatic heterocycles. The zero-order valence-electron chi connectivity index (χ0n) is 19.0. The number of aryl methyl sites for hydroxylation is 2. The summed E-state index contributed by atoms with van der Waals surface area (Å²) in [5.41, 5.74) is 8.57. The van der Waals surface area contributed by atoms with Crippen molar-refractivity contribution in [2.75, 3.05) is 0 Å². The van der Waals surface area contributed by atoms with Gasteiger partial charge in [-0.25, -0.2) is 4.98 Å². The number of hydrogen-bond acceptors (Lipinski definition) is 2. The Morgan fingerprint density at radius 3 is 2.32 bits per heavy atom. The minimum atomic E-state index is 0.879. The van der Waals surface area contributed by atoms with Crippen LogP contribution >= 0.6 is 0 Å². The van der Waals surface area contributed by atoms with Crippen molar-refractivity contribution in [1.82, 2.24) is 9.55 Å². The van der Waals surface area contributed by atoms with Gasteiger partial charge >= 0.3 is 0 Å². The van der Waals surface area contributed by atoms with Crippen LogP contribution in [0.1, 0.15) is 11.1 Å². The first-order valence-corrected chi connectivity index (χ1v) is 11.6. The van der Waals surface area contributed by atoms with Gasteiger partial charge in [-0.1, -0.05) is 66.7 Å². The van der Waals surface area contributed by atoms with Gasteiger partial charge in [-0.05, 0) is 60.7 Å². The van der Waals surface area contributed by atoms with Gasteiger partial charge in [0, 0.05) is 21.7 Å². The maximum Gasteiger partial charge on any atom is 0.145 e. The van der Waals surface area contributed by atoms with Crippen LogP contribution in [0.5, 0.6) is 0 Å². The number of benzene rings is 5. The molecule has 0 fully saturated rings. The molecule has 0 amide bonds.